The summed E-state index contributed by atoms with van der Waals surface area (Å²) in [6, 6.07) is 5.84. The topological polar surface area (TPSA) is 99.9 Å². The summed E-state index contributed by atoms with van der Waals surface area (Å²) in [6.45, 7) is 5.05. The molecule has 1 aliphatic carbocycles. The van der Waals surface area contributed by atoms with Crippen LogP contribution in [0, 0.1) is 6.92 Å². The summed E-state index contributed by atoms with van der Waals surface area (Å²) in [5.41, 5.74) is 2.22. The number of nitrogens with zero attached hydrogens (tertiary/aromatic N) is 4. The highest BCUT2D eigenvalue weighted by molar-refractivity contribution is 5.97. The molecule has 2 N–H and O–H groups in total. The molecule has 2 aromatic rings. The highest BCUT2D eigenvalue weighted by Crippen LogP contribution is 2.44. The number of rotatable bonds is 7. The Labute approximate surface area is 224 Å². The van der Waals surface area contributed by atoms with Crippen molar-refractivity contribution < 1.29 is 32.6 Å². The van der Waals surface area contributed by atoms with Gasteiger partial charge in [0.25, 0.3) is 5.91 Å². The quantitative estimate of drug-likeness (QED) is 0.551. The van der Waals surface area contributed by atoms with E-state index >= 15 is 0 Å². The first-order valence-electron chi connectivity index (χ1n) is 13.4. The Morgan fingerprint density at radius 3 is 2.51 bits per heavy atom. The molecule has 1 aromatic carbocycles. The van der Waals surface area contributed by atoms with Crippen molar-refractivity contribution in [1.29, 1.82) is 0 Å². The van der Waals surface area contributed by atoms with Gasteiger partial charge in [0, 0.05) is 56.7 Å². The largest absolute Gasteiger partial charge is 0.573 e. The van der Waals surface area contributed by atoms with Crippen LogP contribution in [-0.4, -0.2) is 87.2 Å². The van der Waals surface area contributed by atoms with Crippen molar-refractivity contribution in [2.24, 2.45) is 0 Å². The minimum atomic E-state index is -4.80. The van der Waals surface area contributed by atoms with Crippen molar-refractivity contribution in [2.75, 3.05) is 26.2 Å². The van der Waals surface area contributed by atoms with Crippen LogP contribution in [0.5, 0.6) is 5.75 Å². The summed E-state index contributed by atoms with van der Waals surface area (Å²) < 4.78 is 44.0. The Morgan fingerprint density at radius 1 is 1.18 bits per heavy atom. The van der Waals surface area contributed by atoms with Gasteiger partial charge in [-0.05, 0) is 51.2 Å². The molecule has 39 heavy (non-hydrogen) atoms. The predicted octanol–water partition coefficient (Wildman–Crippen LogP) is 3.13. The van der Waals surface area contributed by atoms with Gasteiger partial charge in [-0.1, -0.05) is 6.07 Å². The van der Waals surface area contributed by atoms with E-state index in [0.29, 0.717) is 43.0 Å². The molecule has 212 valence electrons. The van der Waals surface area contributed by atoms with Crippen molar-refractivity contribution in [3.05, 3.63) is 41.2 Å². The number of hydrogen-bond donors (Lipinski definition) is 2. The van der Waals surface area contributed by atoms with Crippen LogP contribution in [0.2, 0.25) is 0 Å². The second kappa shape index (κ2) is 10.8. The summed E-state index contributed by atoms with van der Waals surface area (Å²) in [4.78, 5) is 29.4. The third-order valence-electron chi connectivity index (χ3n) is 7.87. The fourth-order valence-corrected chi connectivity index (χ4v) is 6.07. The van der Waals surface area contributed by atoms with Crippen LogP contribution in [0.25, 0.3) is 5.69 Å². The number of hydrogen-bond acceptors (Lipinski definition) is 6. The number of likely N-dealkylation sites (tertiary alicyclic amines) is 2. The molecule has 3 aliphatic rings. The fourth-order valence-electron chi connectivity index (χ4n) is 6.07. The normalized spacial score (nSPS) is 22.8. The Bertz CT molecular complexity index is 1220. The first-order chi connectivity index (χ1) is 18.5. The number of aliphatic hydroxyl groups is 1. The molecule has 3 heterocycles. The maximum Gasteiger partial charge on any atom is 0.573 e. The minimum Gasteiger partial charge on any atom is -0.406 e. The summed E-state index contributed by atoms with van der Waals surface area (Å²) in [5, 5.41) is 17.4. The lowest BCUT2D eigenvalue weighted by Crippen LogP contribution is -2.49. The van der Waals surface area contributed by atoms with E-state index in [1.807, 2.05) is 4.90 Å². The number of aromatic nitrogens is 2. The van der Waals surface area contributed by atoms with E-state index in [1.165, 1.54) is 25.1 Å². The lowest BCUT2D eigenvalue weighted by molar-refractivity contribution is -0.274. The number of piperidine rings is 1. The van der Waals surface area contributed by atoms with Gasteiger partial charge in [-0.25, -0.2) is 4.68 Å². The van der Waals surface area contributed by atoms with Crippen molar-refractivity contribution >= 4 is 11.8 Å². The van der Waals surface area contributed by atoms with E-state index in [-0.39, 0.29) is 48.2 Å². The number of halogens is 3. The van der Waals surface area contributed by atoms with Crippen LogP contribution in [0.15, 0.2) is 24.3 Å². The van der Waals surface area contributed by atoms with E-state index in [1.54, 1.807) is 17.7 Å². The molecule has 9 nitrogen and oxygen atoms in total. The summed E-state index contributed by atoms with van der Waals surface area (Å²) in [7, 11) is 0. The van der Waals surface area contributed by atoms with Crippen LogP contribution >= 0.6 is 0 Å². The van der Waals surface area contributed by atoms with Gasteiger partial charge < -0.3 is 20.1 Å². The third-order valence-corrected chi connectivity index (χ3v) is 7.87. The highest BCUT2D eigenvalue weighted by Gasteiger charge is 2.40. The van der Waals surface area contributed by atoms with Crippen LogP contribution in [0.3, 0.4) is 0 Å². The zero-order valence-electron chi connectivity index (χ0n) is 22.1. The number of aliphatic hydroxyl groups excluding tert-OH is 1. The maximum atomic E-state index is 13.8. The summed E-state index contributed by atoms with van der Waals surface area (Å²) in [5.74, 6) is -0.414. The first-order valence-corrected chi connectivity index (χ1v) is 13.4. The summed E-state index contributed by atoms with van der Waals surface area (Å²) >= 11 is 0. The molecule has 3 fully saturated rings. The van der Waals surface area contributed by atoms with Gasteiger partial charge in [-0.15, -0.1) is 13.2 Å². The standard InChI is InChI=1S/C27H34F3N5O4/c1-16-24(25(18-6-7-18)35(32-16)21-4-3-5-23(13-21)39-27(28,29)30)26(38)33-10-8-20(9-11-33)34-14-19(31-17(2)37)12-22(34)15-36/h3-5,13,18-20,22,36H,6-12,14-15H2,1-2H3,(H,31,37)/t19-,22+/m1/s1. The van der Waals surface area contributed by atoms with E-state index < -0.39 is 6.36 Å². The molecule has 2 aliphatic heterocycles. The lowest BCUT2D eigenvalue weighted by Gasteiger charge is -2.39. The molecule has 2 amide bonds. The minimum absolute atomic E-state index is 0.00827. The monoisotopic (exact) mass is 549 g/mol. The number of aryl methyl sites for hydroxylation is 1. The SMILES string of the molecule is CC(=O)N[C@@H]1C[C@@H](CO)N(C2CCN(C(=O)c3c(C)nn(-c4cccc(OC(F)(F)F)c4)c3C3CC3)CC2)C1. The Morgan fingerprint density at radius 2 is 1.90 bits per heavy atom. The average Bonchev–Trinajstić information content (AvgIpc) is 3.55. The molecule has 2 atom stereocenters. The van der Waals surface area contributed by atoms with E-state index in [4.69, 9.17) is 0 Å². The molecule has 0 bridgehead atoms. The lowest BCUT2D eigenvalue weighted by atomic mass is 10.0. The molecule has 5 rings (SSSR count). The van der Waals surface area contributed by atoms with Crippen LogP contribution in [-0.2, 0) is 4.79 Å². The maximum absolute atomic E-state index is 13.8. The highest BCUT2D eigenvalue weighted by atomic mass is 19.4. The molecule has 0 radical (unpaired) electrons. The number of alkyl halides is 3. The zero-order valence-corrected chi connectivity index (χ0v) is 22.1. The van der Waals surface area contributed by atoms with Crippen LogP contribution < -0.4 is 10.1 Å². The zero-order chi connectivity index (χ0) is 27.9. The van der Waals surface area contributed by atoms with Crippen molar-refractivity contribution in [1.82, 2.24) is 24.9 Å². The van der Waals surface area contributed by atoms with Crippen molar-refractivity contribution in [2.45, 2.75) is 76.4 Å². The number of nitrogens with one attached hydrogen (secondary N) is 1. The second-order valence-corrected chi connectivity index (χ2v) is 10.8. The van der Waals surface area contributed by atoms with Crippen molar-refractivity contribution in [3.63, 3.8) is 0 Å². The van der Waals surface area contributed by atoms with Crippen LogP contribution in [0.4, 0.5) is 13.2 Å². The van der Waals surface area contributed by atoms with Gasteiger partial charge >= 0.3 is 6.36 Å². The van der Waals surface area contributed by atoms with Gasteiger partial charge in [0.1, 0.15) is 5.75 Å². The molecule has 12 heteroatoms. The fraction of sp³-hybridized carbons (Fsp3) is 0.593. The van der Waals surface area contributed by atoms with Gasteiger partial charge in [0.15, 0.2) is 0 Å². The summed E-state index contributed by atoms with van der Waals surface area (Å²) in [6.07, 6.45) is -0.829. The van der Waals surface area contributed by atoms with E-state index in [0.717, 1.165) is 31.4 Å². The number of ether oxygens (including phenoxy) is 1. The molecular weight excluding hydrogens is 515 g/mol. The van der Waals surface area contributed by atoms with Crippen molar-refractivity contribution in [3.8, 4) is 11.4 Å². The molecular formula is C27H34F3N5O4. The van der Waals surface area contributed by atoms with Gasteiger partial charge in [-0.3, -0.25) is 14.5 Å². The number of amides is 2. The molecule has 0 unspecified atom stereocenters. The smallest absolute Gasteiger partial charge is 0.406 e. The van der Waals surface area contributed by atoms with E-state index in [2.05, 4.69) is 20.1 Å². The third kappa shape index (κ3) is 6.06. The van der Waals surface area contributed by atoms with Crippen LogP contribution in [0.1, 0.15) is 66.7 Å². The van der Waals surface area contributed by atoms with Gasteiger partial charge in [0.2, 0.25) is 5.91 Å². The Kier molecular flexibility index (Phi) is 7.60. The predicted molar refractivity (Wildman–Crippen MR) is 136 cm³/mol. The van der Waals surface area contributed by atoms with Gasteiger partial charge in [-0.2, -0.15) is 5.10 Å². The average molecular weight is 550 g/mol. The molecule has 1 saturated carbocycles. The molecule has 0 spiro atoms. The number of carbonyl (C=O) groups excluding carboxylic acids is 2. The molecule has 1 aromatic heterocycles. The Balaban J connectivity index is 1.32. The second-order valence-electron chi connectivity index (χ2n) is 10.8. The number of benzene rings is 1. The van der Waals surface area contributed by atoms with E-state index in [9.17, 15) is 27.9 Å². The molecule has 2 saturated heterocycles. The first kappa shape index (κ1) is 27.4. The number of carbonyl (C=O) groups is 2. The van der Waals surface area contributed by atoms with Gasteiger partial charge in [0.05, 0.1) is 29.2 Å². The Hall–Kier alpha value is -3.12.